The van der Waals surface area contributed by atoms with Crippen molar-refractivity contribution in [2.24, 2.45) is 0 Å². The predicted octanol–water partition coefficient (Wildman–Crippen LogP) is 4.29. The van der Waals surface area contributed by atoms with Gasteiger partial charge in [-0.3, -0.25) is 4.79 Å². The van der Waals surface area contributed by atoms with Gasteiger partial charge in [-0.05, 0) is 36.2 Å². The van der Waals surface area contributed by atoms with Crippen molar-refractivity contribution in [1.82, 2.24) is 9.88 Å². The molecule has 0 bridgehead atoms. The maximum atomic E-state index is 12.3. The van der Waals surface area contributed by atoms with Crippen LogP contribution in [0.25, 0.3) is 10.9 Å². The second kappa shape index (κ2) is 8.08. The van der Waals surface area contributed by atoms with E-state index >= 15 is 0 Å². The summed E-state index contributed by atoms with van der Waals surface area (Å²) in [7, 11) is 1.80. The number of aromatic nitrogens is 1. The molecular weight excluding hydrogens is 336 g/mol. The summed E-state index contributed by atoms with van der Waals surface area (Å²) in [5.74, 6) is 0.826. The number of H-pyrrole nitrogens is 1. The lowest BCUT2D eigenvalue weighted by Crippen LogP contribution is -2.31. The Morgan fingerprint density at radius 1 is 1.20 bits per heavy atom. The van der Waals surface area contributed by atoms with E-state index in [1.807, 2.05) is 36.5 Å². The Morgan fingerprint density at radius 2 is 2.04 bits per heavy atom. The quantitative estimate of drug-likeness (QED) is 0.686. The zero-order valence-corrected chi connectivity index (χ0v) is 14.9. The van der Waals surface area contributed by atoms with Gasteiger partial charge in [0, 0.05) is 35.6 Å². The molecule has 25 heavy (non-hydrogen) atoms. The number of amides is 1. The fraction of sp³-hybridized carbons (Fsp3) is 0.250. The molecule has 5 heteroatoms. The second-order valence-electron chi connectivity index (χ2n) is 5.98. The van der Waals surface area contributed by atoms with E-state index in [4.69, 9.17) is 16.3 Å². The van der Waals surface area contributed by atoms with Gasteiger partial charge in [-0.2, -0.15) is 0 Å². The van der Waals surface area contributed by atoms with Gasteiger partial charge in [0.1, 0.15) is 12.4 Å². The Balaban J connectivity index is 1.46. The topological polar surface area (TPSA) is 45.3 Å². The first kappa shape index (κ1) is 17.4. The van der Waals surface area contributed by atoms with Crippen LogP contribution in [0.1, 0.15) is 12.0 Å². The number of hydrogen-bond acceptors (Lipinski definition) is 2. The van der Waals surface area contributed by atoms with Crippen LogP contribution >= 0.6 is 11.6 Å². The molecule has 3 aromatic rings. The molecule has 0 aliphatic carbocycles. The number of aromatic amines is 1. The molecule has 0 atom stereocenters. The molecule has 0 spiro atoms. The molecule has 0 saturated heterocycles. The highest BCUT2D eigenvalue weighted by molar-refractivity contribution is 6.30. The number of nitrogens with zero attached hydrogens (tertiary/aromatic N) is 1. The molecule has 4 nitrogen and oxygen atoms in total. The zero-order chi connectivity index (χ0) is 17.6. The Bertz CT molecular complexity index is 860. The maximum Gasteiger partial charge on any atom is 0.222 e. The summed E-state index contributed by atoms with van der Waals surface area (Å²) in [4.78, 5) is 17.3. The van der Waals surface area contributed by atoms with Crippen LogP contribution in [0.15, 0.2) is 54.7 Å². The number of rotatable bonds is 7. The number of carbonyl (C=O) groups is 1. The molecule has 0 radical (unpaired) electrons. The molecule has 2 aromatic carbocycles. The van der Waals surface area contributed by atoms with Crippen molar-refractivity contribution in [2.45, 2.75) is 12.8 Å². The van der Waals surface area contributed by atoms with Gasteiger partial charge in [0.25, 0.3) is 0 Å². The highest BCUT2D eigenvalue weighted by atomic mass is 35.5. The minimum atomic E-state index is 0.111. The first-order valence-corrected chi connectivity index (χ1v) is 8.68. The van der Waals surface area contributed by atoms with E-state index in [0.29, 0.717) is 30.3 Å². The third kappa shape index (κ3) is 4.54. The molecule has 0 aliphatic rings. The summed E-state index contributed by atoms with van der Waals surface area (Å²) >= 11 is 5.92. The lowest BCUT2D eigenvalue weighted by atomic mass is 10.1. The van der Waals surface area contributed by atoms with Gasteiger partial charge in [-0.15, -0.1) is 0 Å². The first-order valence-electron chi connectivity index (χ1n) is 8.31. The lowest BCUT2D eigenvalue weighted by Gasteiger charge is -2.17. The number of ether oxygens (including phenoxy) is 1. The van der Waals surface area contributed by atoms with Crippen molar-refractivity contribution < 1.29 is 9.53 Å². The normalized spacial score (nSPS) is 10.8. The molecule has 0 unspecified atom stereocenters. The Morgan fingerprint density at radius 3 is 2.88 bits per heavy atom. The number of hydrogen-bond donors (Lipinski definition) is 1. The van der Waals surface area contributed by atoms with E-state index in [0.717, 1.165) is 11.9 Å². The summed E-state index contributed by atoms with van der Waals surface area (Å²) < 4.78 is 5.63. The number of likely N-dealkylation sites (N-methyl/N-ethyl adjacent to an activating group) is 1. The highest BCUT2D eigenvalue weighted by Crippen LogP contribution is 2.19. The van der Waals surface area contributed by atoms with Crippen LogP contribution in [0.4, 0.5) is 0 Å². The minimum Gasteiger partial charge on any atom is -0.492 e. The molecule has 1 heterocycles. The van der Waals surface area contributed by atoms with Gasteiger partial charge in [0.2, 0.25) is 5.91 Å². The van der Waals surface area contributed by atoms with Crippen LogP contribution < -0.4 is 4.74 Å². The summed E-state index contributed by atoms with van der Waals surface area (Å²) in [6, 6.07) is 15.4. The largest absolute Gasteiger partial charge is 0.492 e. The summed E-state index contributed by atoms with van der Waals surface area (Å²) in [5.41, 5.74) is 2.28. The van der Waals surface area contributed by atoms with Crippen LogP contribution in [0.2, 0.25) is 5.02 Å². The van der Waals surface area contributed by atoms with E-state index in [-0.39, 0.29) is 5.91 Å². The SMILES string of the molecule is CN(CCOc1cccc(Cl)c1)C(=O)CCc1c[nH]c2ccccc12. The average molecular weight is 357 g/mol. The van der Waals surface area contributed by atoms with Crippen LogP contribution in [0.5, 0.6) is 5.75 Å². The number of carbonyl (C=O) groups excluding carboxylic acids is 1. The van der Waals surface area contributed by atoms with Crippen molar-refractivity contribution in [3.8, 4) is 5.75 Å². The van der Waals surface area contributed by atoms with E-state index in [1.54, 1.807) is 24.1 Å². The number of para-hydroxylation sites is 1. The second-order valence-corrected chi connectivity index (χ2v) is 6.42. The van der Waals surface area contributed by atoms with Crippen LogP contribution in [-0.2, 0) is 11.2 Å². The molecular formula is C20H21ClN2O2. The minimum absolute atomic E-state index is 0.111. The van der Waals surface area contributed by atoms with Gasteiger partial charge >= 0.3 is 0 Å². The molecule has 1 aromatic heterocycles. The standard InChI is InChI=1S/C20H21ClN2O2/c1-23(11-12-25-17-6-4-5-16(21)13-17)20(24)10-9-15-14-22-19-8-3-2-7-18(15)19/h2-8,13-14,22H,9-12H2,1H3. The van der Waals surface area contributed by atoms with Crippen LogP contribution in [0.3, 0.4) is 0 Å². The van der Waals surface area contributed by atoms with Gasteiger partial charge in [0.15, 0.2) is 0 Å². The number of halogens is 1. The Labute approximate surface area is 152 Å². The monoisotopic (exact) mass is 356 g/mol. The molecule has 3 rings (SSSR count). The van der Waals surface area contributed by atoms with E-state index in [9.17, 15) is 4.79 Å². The molecule has 1 N–H and O–H groups in total. The van der Waals surface area contributed by atoms with Gasteiger partial charge in [-0.1, -0.05) is 35.9 Å². The summed E-state index contributed by atoms with van der Waals surface area (Å²) in [5, 5.41) is 1.82. The Kier molecular flexibility index (Phi) is 5.61. The van der Waals surface area contributed by atoms with E-state index in [1.165, 1.54) is 10.9 Å². The van der Waals surface area contributed by atoms with Crippen molar-refractivity contribution in [1.29, 1.82) is 0 Å². The molecule has 0 fully saturated rings. The van der Waals surface area contributed by atoms with Crippen molar-refractivity contribution in [3.05, 3.63) is 65.3 Å². The van der Waals surface area contributed by atoms with Crippen LogP contribution in [-0.4, -0.2) is 36.0 Å². The lowest BCUT2D eigenvalue weighted by molar-refractivity contribution is -0.130. The van der Waals surface area contributed by atoms with Crippen LogP contribution in [0, 0.1) is 0 Å². The smallest absolute Gasteiger partial charge is 0.222 e. The fourth-order valence-electron chi connectivity index (χ4n) is 2.75. The van der Waals surface area contributed by atoms with E-state index < -0.39 is 0 Å². The third-order valence-electron chi connectivity index (χ3n) is 4.20. The van der Waals surface area contributed by atoms with Crippen molar-refractivity contribution in [3.63, 3.8) is 0 Å². The van der Waals surface area contributed by atoms with E-state index in [2.05, 4.69) is 11.1 Å². The number of aryl methyl sites for hydroxylation is 1. The summed E-state index contributed by atoms with van der Waals surface area (Å²) in [6.45, 7) is 0.981. The fourth-order valence-corrected chi connectivity index (χ4v) is 2.93. The average Bonchev–Trinajstić information content (AvgIpc) is 3.03. The molecule has 1 amide bonds. The summed E-state index contributed by atoms with van der Waals surface area (Å²) in [6.07, 6.45) is 3.19. The molecule has 130 valence electrons. The number of nitrogens with one attached hydrogen (secondary N) is 1. The van der Waals surface area contributed by atoms with Gasteiger partial charge in [0.05, 0.1) is 6.54 Å². The van der Waals surface area contributed by atoms with Gasteiger partial charge in [-0.25, -0.2) is 0 Å². The van der Waals surface area contributed by atoms with Crippen molar-refractivity contribution in [2.75, 3.05) is 20.2 Å². The highest BCUT2D eigenvalue weighted by Gasteiger charge is 2.11. The zero-order valence-electron chi connectivity index (χ0n) is 14.2. The first-order chi connectivity index (χ1) is 12.1. The predicted molar refractivity (Wildman–Crippen MR) is 101 cm³/mol. The maximum absolute atomic E-state index is 12.3. The molecule has 0 aliphatic heterocycles. The van der Waals surface area contributed by atoms with Gasteiger partial charge < -0.3 is 14.6 Å². The number of fused-ring (bicyclic) bond motifs is 1. The third-order valence-corrected chi connectivity index (χ3v) is 4.44. The number of benzene rings is 2. The van der Waals surface area contributed by atoms with Crippen molar-refractivity contribution >= 4 is 28.4 Å². The molecule has 0 saturated carbocycles. The Hall–Kier alpha value is -2.46.